The topological polar surface area (TPSA) is 77.0 Å². The van der Waals surface area contributed by atoms with Crippen molar-refractivity contribution in [2.45, 2.75) is 13.0 Å². The van der Waals surface area contributed by atoms with Crippen molar-refractivity contribution in [2.75, 3.05) is 5.73 Å². The van der Waals surface area contributed by atoms with Crippen LogP contribution < -0.4 is 17.0 Å². The maximum atomic E-state index is 13.8. The number of hydrogen-bond acceptors (Lipinski definition) is 4. The molecule has 0 aliphatic rings. The number of benzene rings is 1. The lowest BCUT2D eigenvalue weighted by molar-refractivity contribution is 0.492. The van der Waals surface area contributed by atoms with Crippen LogP contribution in [0.1, 0.15) is 22.7 Å². The molecule has 0 saturated heterocycles. The van der Waals surface area contributed by atoms with Crippen LogP contribution in [0.5, 0.6) is 0 Å². The molecule has 20 heavy (non-hydrogen) atoms. The summed E-state index contributed by atoms with van der Waals surface area (Å²) in [5, 5.41) is 0. The van der Waals surface area contributed by atoms with E-state index in [4.69, 9.17) is 11.6 Å². The first-order valence-electron chi connectivity index (χ1n) is 5.76. The average molecular weight is 282 g/mol. The van der Waals surface area contributed by atoms with Gasteiger partial charge in [-0.15, -0.1) is 0 Å². The molecule has 2 aromatic rings. The predicted octanol–water partition coefficient (Wildman–Crippen LogP) is 1.94. The quantitative estimate of drug-likeness (QED) is 0.594. The molecule has 106 valence electrons. The molecule has 7 heteroatoms. The summed E-state index contributed by atoms with van der Waals surface area (Å²) in [5.74, 6) is 2.35. The third kappa shape index (κ3) is 2.59. The van der Waals surface area contributed by atoms with Crippen molar-refractivity contribution in [1.29, 1.82) is 0 Å². The van der Waals surface area contributed by atoms with Gasteiger partial charge in [0.15, 0.2) is 0 Å². The number of rotatable bonds is 3. The second-order valence-electron chi connectivity index (χ2n) is 4.37. The van der Waals surface area contributed by atoms with E-state index in [1.807, 2.05) is 0 Å². The number of nitrogens with one attached hydrogen (secondary N) is 1. The third-order valence-corrected chi connectivity index (χ3v) is 2.90. The van der Waals surface area contributed by atoms with Crippen molar-refractivity contribution < 1.29 is 13.2 Å². The molecule has 0 aliphatic heterocycles. The lowest BCUT2D eigenvalue weighted by Gasteiger charge is -2.20. The first-order valence-corrected chi connectivity index (χ1v) is 5.76. The molecule has 0 spiro atoms. The van der Waals surface area contributed by atoms with Crippen molar-refractivity contribution >= 4 is 5.82 Å². The van der Waals surface area contributed by atoms with Crippen LogP contribution in [0.15, 0.2) is 24.4 Å². The molecule has 1 unspecified atom stereocenters. The van der Waals surface area contributed by atoms with Gasteiger partial charge in [0.1, 0.15) is 23.3 Å². The molecule has 1 heterocycles. The number of nitrogens with two attached hydrogens (primary N) is 2. The fraction of sp³-hybridized carbons (Fsp3) is 0.154. The second kappa shape index (κ2) is 5.48. The molecular formula is C13H13F3N4. The molecule has 0 fully saturated rings. The van der Waals surface area contributed by atoms with E-state index in [0.717, 1.165) is 5.56 Å². The second-order valence-corrected chi connectivity index (χ2v) is 4.37. The molecule has 0 amide bonds. The molecule has 1 aromatic heterocycles. The van der Waals surface area contributed by atoms with Crippen LogP contribution in [0.4, 0.5) is 19.0 Å². The maximum absolute atomic E-state index is 13.8. The van der Waals surface area contributed by atoms with E-state index in [1.54, 1.807) is 13.0 Å². The Kier molecular flexibility index (Phi) is 3.91. The number of anilines is 1. The van der Waals surface area contributed by atoms with E-state index in [1.165, 1.54) is 6.20 Å². The molecule has 5 N–H and O–H groups in total. The van der Waals surface area contributed by atoms with Crippen molar-refractivity contribution in [3.63, 3.8) is 0 Å². The number of nitrogen functional groups attached to an aromatic ring is 1. The largest absolute Gasteiger partial charge is 0.383 e. The maximum Gasteiger partial charge on any atom is 0.134 e. The Bertz CT molecular complexity index is 623. The molecule has 1 aromatic carbocycles. The van der Waals surface area contributed by atoms with Crippen LogP contribution in [0, 0.1) is 24.4 Å². The van der Waals surface area contributed by atoms with Gasteiger partial charge in [0, 0.05) is 29.5 Å². The number of nitrogens with zero attached hydrogens (tertiary/aromatic N) is 1. The van der Waals surface area contributed by atoms with E-state index in [9.17, 15) is 13.2 Å². The van der Waals surface area contributed by atoms with E-state index < -0.39 is 29.1 Å². The normalized spacial score (nSPS) is 12.4. The molecule has 1 atom stereocenters. The minimum Gasteiger partial charge on any atom is -0.383 e. The van der Waals surface area contributed by atoms with Crippen LogP contribution in [0.3, 0.4) is 0 Å². The van der Waals surface area contributed by atoms with Crippen LogP contribution >= 0.6 is 0 Å². The zero-order valence-electron chi connectivity index (χ0n) is 10.6. The monoisotopic (exact) mass is 282 g/mol. The first kappa shape index (κ1) is 14.3. The fourth-order valence-corrected chi connectivity index (χ4v) is 1.99. The smallest absolute Gasteiger partial charge is 0.134 e. The van der Waals surface area contributed by atoms with Gasteiger partial charge in [0.25, 0.3) is 0 Å². The standard InChI is InChI=1S/C13H13F3N4/c1-6-2-8(13(17)19-5-6)12(20-18)11-9(15)3-7(14)4-10(11)16/h2-5,12,20H,18H2,1H3,(H2,17,19). The van der Waals surface area contributed by atoms with E-state index in [0.29, 0.717) is 17.7 Å². The van der Waals surface area contributed by atoms with Crippen molar-refractivity contribution in [1.82, 2.24) is 10.4 Å². The highest BCUT2D eigenvalue weighted by Crippen LogP contribution is 2.30. The summed E-state index contributed by atoms with van der Waals surface area (Å²) >= 11 is 0. The predicted molar refractivity (Wildman–Crippen MR) is 68.9 cm³/mol. The Morgan fingerprint density at radius 3 is 2.30 bits per heavy atom. The Morgan fingerprint density at radius 1 is 1.15 bits per heavy atom. The summed E-state index contributed by atoms with van der Waals surface area (Å²) in [6, 6.07) is 1.71. The molecule has 0 radical (unpaired) electrons. The van der Waals surface area contributed by atoms with Crippen molar-refractivity contribution in [2.24, 2.45) is 5.84 Å². The van der Waals surface area contributed by atoms with Gasteiger partial charge < -0.3 is 5.73 Å². The lowest BCUT2D eigenvalue weighted by atomic mass is 9.97. The van der Waals surface area contributed by atoms with Gasteiger partial charge in [-0.25, -0.2) is 23.6 Å². The van der Waals surface area contributed by atoms with E-state index in [-0.39, 0.29) is 5.82 Å². The Hall–Kier alpha value is -2.12. The lowest BCUT2D eigenvalue weighted by Crippen LogP contribution is -2.31. The number of halogens is 3. The molecular weight excluding hydrogens is 269 g/mol. The summed E-state index contributed by atoms with van der Waals surface area (Å²) in [6.45, 7) is 1.75. The van der Waals surface area contributed by atoms with E-state index >= 15 is 0 Å². The number of hydrogen-bond donors (Lipinski definition) is 3. The minimum absolute atomic E-state index is 0.0849. The third-order valence-electron chi connectivity index (χ3n) is 2.90. The SMILES string of the molecule is Cc1cnc(N)c(C(NN)c2c(F)cc(F)cc2F)c1. The number of aryl methyl sites for hydroxylation is 1. The zero-order valence-corrected chi connectivity index (χ0v) is 10.6. The molecule has 0 saturated carbocycles. The van der Waals surface area contributed by atoms with Gasteiger partial charge in [-0.3, -0.25) is 5.84 Å². The van der Waals surface area contributed by atoms with Gasteiger partial charge in [0.2, 0.25) is 0 Å². The highest BCUT2D eigenvalue weighted by Gasteiger charge is 2.24. The Balaban J connectivity index is 2.61. The van der Waals surface area contributed by atoms with Crippen molar-refractivity contribution in [3.05, 3.63) is 58.5 Å². The number of hydrazine groups is 1. The highest BCUT2D eigenvalue weighted by molar-refractivity contribution is 5.47. The van der Waals surface area contributed by atoms with Gasteiger partial charge in [-0.1, -0.05) is 0 Å². The van der Waals surface area contributed by atoms with Crippen LogP contribution in [-0.2, 0) is 0 Å². The first-order chi connectivity index (χ1) is 9.43. The fourth-order valence-electron chi connectivity index (χ4n) is 1.99. The summed E-state index contributed by atoms with van der Waals surface area (Å²) < 4.78 is 40.6. The van der Waals surface area contributed by atoms with E-state index in [2.05, 4.69) is 10.4 Å². The van der Waals surface area contributed by atoms with Gasteiger partial charge >= 0.3 is 0 Å². The molecule has 2 rings (SSSR count). The summed E-state index contributed by atoms with van der Waals surface area (Å²) in [5.41, 5.74) is 8.64. The summed E-state index contributed by atoms with van der Waals surface area (Å²) in [6.07, 6.45) is 1.52. The van der Waals surface area contributed by atoms with Crippen LogP contribution in [-0.4, -0.2) is 4.98 Å². The van der Waals surface area contributed by atoms with Crippen LogP contribution in [0.2, 0.25) is 0 Å². The van der Waals surface area contributed by atoms with Crippen LogP contribution in [0.25, 0.3) is 0 Å². The zero-order chi connectivity index (χ0) is 14.9. The average Bonchev–Trinajstić information content (AvgIpc) is 2.37. The number of pyridine rings is 1. The summed E-state index contributed by atoms with van der Waals surface area (Å²) in [7, 11) is 0. The minimum atomic E-state index is -1.07. The van der Waals surface area contributed by atoms with Gasteiger partial charge in [0.05, 0.1) is 6.04 Å². The Labute approximate surface area is 113 Å². The van der Waals surface area contributed by atoms with Gasteiger partial charge in [-0.2, -0.15) is 0 Å². The molecule has 4 nitrogen and oxygen atoms in total. The van der Waals surface area contributed by atoms with Crippen molar-refractivity contribution in [3.8, 4) is 0 Å². The molecule has 0 bridgehead atoms. The van der Waals surface area contributed by atoms with Gasteiger partial charge in [-0.05, 0) is 18.6 Å². The number of aromatic nitrogens is 1. The highest BCUT2D eigenvalue weighted by atomic mass is 19.1. The molecule has 0 aliphatic carbocycles. The summed E-state index contributed by atoms with van der Waals surface area (Å²) in [4.78, 5) is 3.91. The Morgan fingerprint density at radius 2 is 1.75 bits per heavy atom.